The maximum absolute atomic E-state index is 13.1. The highest BCUT2D eigenvalue weighted by molar-refractivity contribution is 6.32. The van der Waals surface area contributed by atoms with Gasteiger partial charge < -0.3 is 15.2 Å². The van der Waals surface area contributed by atoms with E-state index < -0.39 is 12.7 Å². The van der Waals surface area contributed by atoms with Crippen molar-refractivity contribution >= 4 is 17.2 Å². The summed E-state index contributed by atoms with van der Waals surface area (Å²) in [6.45, 7) is 4.55. The molecule has 0 unspecified atom stereocenters. The van der Waals surface area contributed by atoms with Gasteiger partial charge in [-0.2, -0.15) is 8.78 Å². The molecule has 0 aromatic heterocycles. The van der Waals surface area contributed by atoms with Crippen molar-refractivity contribution in [2.75, 3.05) is 6.61 Å². The first-order chi connectivity index (χ1) is 9.82. The highest BCUT2D eigenvalue weighted by Crippen LogP contribution is 2.42. The van der Waals surface area contributed by atoms with Crippen LogP contribution >= 0.6 is 11.6 Å². The summed E-state index contributed by atoms with van der Waals surface area (Å²) in [5, 5.41) is 0.274. The van der Waals surface area contributed by atoms with Crippen LogP contribution in [0.2, 0.25) is 5.02 Å². The van der Waals surface area contributed by atoms with E-state index in [2.05, 4.69) is 11.3 Å². The second-order valence-corrected chi connectivity index (χ2v) is 4.87. The van der Waals surface area contributed by atoms with Gasteiger partial charge in [0.1, 0.15) is 0 Å². The van der Waals surface area contributed by atoms with Crippen LogP contribution in [-0.4, -0.2) is 12.7 Å². The Morgan fingerprint density at radius 3 is 2.71 bits per heavy atom. The van der Waals surface area contributed by atoms with E-state index in [9.17, 15) is 8.78 Å². The molecule has 0 radical (unpaired) electrons. The Morgan fingerprint density at radius 2 is 2.10 bits per heavy atom. The first-order valence-electron chi connectivity index (χ1n) is 6.15. The largest absolute Gasteiger partial charge is 0.479 e. The number of nitrogens with two attached hydrogens (primary N) is 1. The van der Waals surface area contributed by atoms with Gasteiger partial charge in [-0.15, -0.1) is 0 Å². The molecular formula is C15H14ClF2NO2. The number of hydrogen-bond acceptors (Lipinski definition) is 3. The van der Waals surface area contributed by atoms with E-state index in [-0.39, 0.29) is 16.5 Å². The van der Waals surface area contributed by atoms with Gasteiger partial charge in [-0.3, -0.25) is 0 Å². The van der Waals surface area contributed by atoms with Crippen LogP contribution in [0.25, 0.3) is 5.57 Å². The molecule has 0 fully saturated rings. The lowest BCUT2D eigenvalue weighted by Gasteiger charge is -2.26. The molecule has 1 aromatic rings. The standard InChI is InChI=1S/C15H14ClF2NO2/c1-3-10(5-4-9(2)19)11-6-13-14(7-12(11)16)21-15(17,18)8-20-13/h3-7H,2,8,19H2,1H3/b5-4-,10-3+. The zero-order chi connectivity index (χ0) is 15.6. The van der Waals surface area contributed by atoms with Crippen molar-refractivity contribution in [2.45, 2.75) is 13.0 Å². The molecule has 0 atom stereocenters. The molecule has 2 N–H and O–H groups in total. The third-order valence-electron chi connectivity index (χ3n) is 2.79. The molecule has 112 valence electrons. The van der Waals surface area contributed by atoms with Gasteiger partial charge in [0.2, 0.25) is 0 Å². The number of benzene rings is 1. The summed E-state index contributed by atoms with van der Waals surface area (Å²) >= 11 is 6.13. The SMILES string of the molecule is C=C(N)/C=C\C(=C/C)c1cc2c(cc1Cl)OC(F)(F)CO2. The van der Waals surface area contributed by atoms with Crippen LogP contribution in [0.4, 0.5) is 8.78 Å². The van der Waals surface area contributed by atoms with Gasteiger partial charge in [0.25, 0.3) is 0 Å². The fourth-order valence-electron chi connectivity index (χ4n) is 1.84. The van der Waals surface area contributed by atoms with Crippen LogP contribution in [-0.2, 0) is 0 Å². The highest BCUT2D eigenvalue weighted by Gasteiger charge is 2.38. The molecule has 0 spiro atoms. The number of rotatable bonds is 3. The van der Waals surface area contributed by atoms with Gasteiger partial charge in [-0.25, -0.2) is 0 Å². The first-order valence-corrected chi connectivity index (χ1v) is 6.52. The van der Waals surface area contributed by atoms with E-state index in [1.165, 1.54) is 6.07 Å². The lowest BCUT2D eigenvalue weighted by atomic mass is 10.0. The fourth-order valence-corrected chi connectivity index (χ4v) is 2.10. The Morgan fingerprint density at radius 1 is 1.38 bits per heavy atom. The molecule has 0 amide bonds. The van der Waals surface area contributed by atoms with Crippen molar-refractivity contribution in [1.82, 2.24) is 0 Å². The maximum atomic E-state index is 13.1. The number of fused-ring (bicyclic) bond motifs is 1. The third kappa shape index (κ3) is 3.55. The van der Waals surface area contributed by atoms with Gasteiger partial charge in [-0.05, 0) is 24.6 Å². The summed E-state index contributed by atoms with van der Waals surface area (Å²) in [6.07, 6.45) is 1.81. The molecule has 0 saturated carbocycles. The van der Waals surface area contributed by atoms with Gasteiger partial charge in [0.05, 0.1) is 5.02 Å². The van der Waals surface area contributed by atoms with Crippen LogP contribution in [0.1, 0.15) is 12.5 Å². The number of halogens is 3. The average molecular weight is 314 g/mol. The Kier molecular flexibility index (Phi) is 4.23. The van der Waals surface area contributed by atoms with Gasteiger partial charge in [0.15, 0.2) is 18.1 Å². The summed E-state index contributed by atoms with van der Waals surface area (Å²) in [5.41, 5.74) is 7.26. The monoisotopic (exact) mass is 313 g/mol. The Bertz CT molecular complexity index is 639. The minimum Gasteiger partial charge on any atom is -0.479 e. The van der Waals surface area contributed by atoms with Gasteiger partial charge in [-0.1, -0.05) is 30.3 Å². The van der Waals surface area contributed by atoms with Gasteiger partial charge in [0, 0.05) is 17.3 Å². The van der Waals surface area contributed by atoms with E-state index in [4.69, 9.17) is 22.1 Å². The molecule has 1 heterocycles. The fraction of sp³-hybridized carbons (Fsp3) is 0.200. The molecule has 1 aliphatic rings. The molecule has 0 saturated heterocycles. The summed E-state index contributed by atoms with van der Waals surface area (Å²) in [6, 6.07) is 2.87. The van der Waals surface area contributed by atoms with E-state index in [1.54, 1.807) is 18.2 Å². The van der Waals surface area contributed by atoms with E-state index in [0.717, 1.165) is 5.57 Å². The quantitative estimate of drug-likeness (QED) is 0.853. The van der Waals surface area contributed by atoms with Crippen molar-refractivity contribution in [3.8, 4) is 11.5 Å². The first kappa shape index (κ1) is 15.4. The molecule has 0 aliphatic carbocycles. The lowest BCUT2D eigenvalue weighted by Crippen LogP contribution is -2.35. The summed E-state index contributed by atoms with van der Waals surface area (Å²) in [7, 11) is 0. The van der Waals surface area contributed by atoms with E-state index in [1.807, 2.05) is 13.0 Å². The minimum absolute atomic E-state index is 0.0809. The topological polar surface area (TPSA) is 44.5 Å². The Labute approximate surface area is 126 Å². The van der Waals surface area contributed by atoms with Gasteiger partial charge >= 0.3 is 6.11 Å². The number of allylic oxidation sites excluding steroid dienone is 4. The second-order valence-electron chi connectivity index (χ2n) is 4.46. The minimum atomic E-state index is -3.35. The Hall–Kier alpha value is -2.01. The molecule has 1 aliphatic heterocycles. The van der Waals surface area contributed by atoms with Crippen LogP contribution < -0.4 is 15.2 Å². The predicted molar refractivity (Wildman–Crippen MR) is 78.6 cm³/mol. The molecule has 0 bridgehead atoms. The van der Waals surface area contributed by atoms with Crippen molar-refractivity contribution in [3.63, 3.8) is 0 Å². The maximum Gasteiger partial charge on any atom is 0.433 e. The van der Waals surface area contributed by atoms with E-state index >= 15 is 0 Å². The molecule has 21 heavy (non-hydrogen) atoms. The zero-order valence-corrected chi connectivity index (χ0v) is 12.1. The average Bonchev–Trinajstić information content (AvgIpc) is 2.38. The second kappa shape index (κ2) is 5.77. The van der Waals surface area contributed by atoms with Crippen molar-refractivity contribution in [2.24, 2.45) is 5.73 Å². The number of alkyl halides is 2. The van der Waals surface area contributed by atoms with Crippen LogP contribution in [0.15, 0.2) is 42.6 Å². The van der Waals surface area contributed by atoms with E-state index in [0.29, 0.717) is 11.3 Å². The number of ether oxygens (including phenoxy) is 2. The highest BCUT2D eigenvalue weighted by atomic mass is 35.5. The van der Waals surface area contributed by atoms with Crippen LogP contribution in [0.3, 0.4) is 0 Å². The van der Waals surface area contributed by atoms with Crippen molar-refractivity contribution in [1.29, 1.82) is 0 Å². The zero-order valence-electron chi connectivity index (χ0n) is 11.3. The van der Waals surface area contributed by atoms with Crippen molar-refractivity contribution in [3.05, 3.63) is 53.2 Å². The third-order valence-corrected chi connectivity index (χ3v) is 3.10. The van der Waals surface area contributed by atoms with Crippen LogP contribution in [0, 0.1) is 0 Å². The molecule has 3 nitrogen and oxygen atoms in total. The molecule has 6 heteroatoms. The Balaban J connectivity index is 2.41. The normalized spacial score (nSPS) is 17.0. The predicted octanol–water partition coefficient (Wildman–Crippen LogP) is 4.14. The summed E-state index contributed by atoms with van der Waals surface area (Å²) in [5.74, 6) is 0.141. The lowest BCUT2D eigenvalue weighted by molar-refractivity contribution is -0.208. The molecule has 1 aromatic carbocycles. The van der Waals surface area contributed by atoms with Crippen molar-refractivity contribution < 1.29 is 18.3 Å². The van der Waals surface area contributed by atoms with Crippen LogP contribution in [0.5, 0.6) is 11.5 Å². The smallest absolute Gasteiger partial charge is 0.433 e. The summed E-state index contributed by atoms with van der Waals surface area (Å²) < 4.78 is 35.8. The number of hydrogen-bond donors (Lipinski definition) is 1. The molecular weight excluding hydrogens is 300 g/mol. The summed E-state index contributed by atoms with van der Waals surface area (Å²) in [4.78, 5) is 0. The molecule has 2 rings (SSSR count).